The molecule has 0 fully saturated rings. The maximum Gasteiger partial charge on any atom is 0.143 e. The van der Waals surface area contributed by atoms with Crippen LogP contribution in [0.1, 0.15) is 11.1 Å². The van der Waals surface area contributed by atoms with Crippen LogP contribution in [0.2, 0.25) is 0 Å². The van der Waals surface area contributed by atoms with Crippen molar-refractivity contribution < 1.29 is 14.3 Å². The summed E-state index contributed by atoms with van der Waals surface area (Å²) in [6, 6.07) is 15.2. The third kappa shape index (κ3) is 2.88. The van der Waals surface area contributed by atoms with Crippen LogP contribution in [0.3, 0.4) is 0 Å². The van der Waals surface area contributed by atoms with Gasteiger partial charge < -0.3 is 9.47 Å². The van der Waals surface area contributed by atoms with Crippen LogP contribution in [0.5, 0.6) is 11.5 Å². The molecule has 0 amide bonds. The van der Waals surface area contributed by atoms with E-state index in [0.29, 0.717) is 11.5 Å². The molecule has 0 atom stereocenters. The Kier molecular flexibility index (Phi) is 4.56. The van der Waals surface area contributed by atoms with E-state index in [2.05, 4.69) is 0 Å². The maximum atomic E-state index is 11.0. The van der Waals surface area contributed by atoms with Gasteiger partial charge in [0.2, 0.25) is 0 Å². The molecular formula is C17H16O3. The van der Waals surface area contributed by atoms with E-state index in [0.717, 1.165) is 23.0 Å². The van der Waals surface area contributed by atoms with E-state index in [1.807, 2.05) is 48.5 Å². The van der Waals surface area contributed by atoms with Crippen LogP contribution < -0.4 is 9.47 Å². The molecule has 0 unspecified atom stereocenters. The Morgan fingerprint density at radius 3 is 2.35 bits per heavy atom. The lowest BCUT2D eigenvalue weighted by molar-refractivity contribution is -0.104. The van der Waals surface area contributed by atoms with Crippen LogP contribution in [0.25, 0.3) is 5.57 Å². The average molecular weight is 268 g/mol. The standard InChI is InChI=1S/C17H16O3/c1-19-14-8-9-17(20-2)16(12-14)15(10-11-18)13-6-4-3-5-7-13/h3-12H,1-2H3/b15-10+. The summed E-state index contributed by atoms with van der Waals surface area (Å²) in [5, 5.41) is 0. The van der Waals surface area contributed by atoms with Gasteiger partial charge in [0.05, 0.1) is 14.2 Å². The van der Waals surface area contributed by atoms with Gasteiger partial charge in [0.25, 0.3) is 0 Å². The van der Waals surface area contributed by atoms with Crippen LogP contribution in [0.15, 0.2) is 54.6 Å². The molecule has 0 saturated heterocycles. The van der Waals surface area contributed by atoms with Gasteiger partial charge in [-0.3, -0.25) is 4.79 Å². The summed E-state index contributed by atoms with van der Waals surface area (Å²) in [7, 11) is 3.21. The lowest BCUT2D eigenvalue weighted by Gasteiger charge is -2.13. The van der Waals surface area contributed by atoms with Crippen molar-refractivity contribution in [3.05, 3.63) is 65.7 Å². The zero-order chi connectivity index (χ0) is 14.4. The predicted molar refractivity (Wildman–Crippen MR) is 79.1 cm³/mol. The number of rotatable bonds is 5. The molecule has 2 rings (SSSR count). The Labute approximate surface area is 118 Å². The van der Waals surface area contributed by atoms with Gasteiger partial charge >= 0.3 is 0 Å². The molecule has 3 heteroatoms. The Balaban J connectivity index is 2.60. The van der Waals surface area contributed by atoms with Crippen LogP contribution in [-0.4, -0.2) is 20.5 Å². The van der Waals surface area contributed by atoms with Crippen molar-refractivity contribution in [1.82, 2.24) is 0 Å². The third-order valence-corrected chi connectivity index (χ3v) is 3.02. The van der Waals surface area contributed by atoms with Crippen molar-refractivity contribution in [2.75, 3.05) is 14.2 Å². The molecule has 0 radical (unpaired) electrons. The highest BCUT2D eigenvalue weighted by molar-refractivity contribution is 5.91. The van der Waals surface area contributed by atoms with Crippen molar-refractivity contribution >= 4 is 11.9 Å². The minimum Gasteiger partial charge on any atom is -0.497 e. The van der Waals surface area contributed by atoms with Crippen molar-refractivity contribution in [2.45, 2.75) is 0 Å². The van der Waals surface area contributed by atoms with Gasteiger partial charge in [-0.05, 0) is 35.4 Å². The number of aldehydes is 1. The number of carbonyl (C=O) groups excluding carboxylic acids is 1. The molecule has 0 saturated carbocycles. The van der Waals surface area contributed by atoms with E-state index in [9.17, 15) is 4.79 Å². The largest absolute Gasteiger partial charge is 0.497 e. The van der Waals surface area contributed by atoms with Crippen LogP contribution in [-0.2, 0) is 4.79 Å². The van der Waals surface area contributed by atoms with E-state index < -0.39 is 0 Å². The first-order valence-electron chi connectivity index (χ1n) is 6.23. The first-order valence-corrected chi connectivity index (χ1v) is 6.23. The van der Waals surface area contributed by atoms with Crippen LogP contribution in [0, 0.1) is 0 Å². The molecule has 2 aromatic rings. The second-order valence-corrected chi connectivity index (χ2v) is 4.15. The Morgan fingerprint density at radius 2 is 1.75 bits per heavy atom. The fourth-order valence-corrected chi connectivity index (χ4v) is 2.05. The second kappa shape index (κ2) is 6.57. The fourth-order valence-electron chi connectivity index (χ4n) is 2.05. The Bertz CT molecular complexity index is 615. The molecule has 0 aliphatic carbocycles. The number of carbonyl (C=O) groups is 1. The molecule has 0 heterocycles. The summed E-state index contributed by atoms with van der Waals surface area (Å²) >= 11 is 0. The topological polar surface area (TPSA) is 35.5 Å². The summed E-state index contributed by atoms with van der Waals surface area (Å²) < 4.78 is 10.6. The van der Waals surface area contributed by atoms with E-state index in [1.54, 1.807) is 14.2 Å². The van der Waals surface area contributed by atoms with Crippen molar-refractivity contribution in [2.24, 2.45) is 0 Å². The van der Waals surface area contributed by atoms with Crippen molar-refractivity contribution in [1.29, 1.82) is 0 Å². The molecule has 3 nitrogen and oxygen atoms in total. The molecule has 0 bridgehead atoms. The van der Waals surface area contributed by atoms with Crippen LogP contribution in [0.4, 0.5) is 0 Å². The van der Waals surface area contributed by atoms with Gasteiger partial charge in [-0.25, -0.2) is 0 Å². The third-order valence-electron chi connectivity index (χ3n) is 3.02. The summed E-state index contributed by atoms with van der Waals surface area (Å²) in [4.78, 5) is 11.0. The van der Waals surface area contributed by atoms with E-state index in [-0.39, 0.29) is 0 Å². The zero-order valence-corrected chi connectivity index (χ0v) is 11.5. The molecule has 0 spiro atoms. The first-order chi connectivity index (χ1) is 9.80. The number of hydrogen-bond donors (Lipinski definition) is 0. The van der Waals surface area contributed by atoms with Gasteiger partial charge in [-0.2, -0.15) is 0 Å². The van der Waals surface area contributed by atoms with Gasteiger partial charge in [-0.15, -0.1) is 0 Å². The highest BCUT2D eigenvalue weighted by Gasteiger charge is 2.12. The number of hydrogen-bond acceptors (Lipinski definition) is 3. The molecule has 0 aromatic heterocycles. The van der Waals surface area contributed by atoms with Gasteiger partial charge in [0.1, 0.15) is 17.8 Å². The number of ether oxygens (including phenoxy) is 2. The molecule has 2 aromatic carbocycles. The average Bonchev–Trinajstić information content (AvgIpc) is 2.53. The van der Waals surface area contributed by atoms with Gasteiger partial charge in [-0.1, -0.05) is 30.3 Å². The second-order valence-electron chi connectivity index (χ2n) is 4.15. The summed E-state index contributed by atoms with van der Waals surface area (Å²) in [6.07, 6.45) is 2.31. The summed E-state index contributed by atoms with van der Waals surface area (Å²) in [5.74, 6) is 1.41. The molecule has 20 heavy (non-hydrogen) atoms. The highest BCUT2D eigenvalue weighted by Crippen LogP contribution is 2.33. The van der Waals surface area contributed by atoms with Gasteiger partial charge in [0, 0.05) is 5.56 Å². The minimum atomic E-state index is 0.697. The van der Waals surface area contributed by atoms with E-state index >= 15 is 0 Å². The SMILES string of the molecule is COc1ccc(OC)c(/C(=C/C=O)c2ccccc2)c1. The molecule has 102 valence electrons. The lowest BCUT2D eigenvalue weighted by atomic mass is 9.96. The monoisotopic (exact) mass is 268 g/mol. The fraction of sp³-hybridized carbons (Fsp3) is 0.118. The van der Waals surface area contributed by atoms with E-state index in [1.165, 1.54) is 6.08 Å². The number of allylic oxidation sites excluding steroid dienone is 1. The number of benzene rings is 2. The molecule has 0 aliphatic rings. The Morgan fingerprint density at radius 1 is 1.00 bits per heavy atom. The van der Waals surface area contributed by atoms with Crippen LogP contribution >= 0.6 is 0 Å². The van der Waals surface area contributed by atoms with Gasteiger partial charge in [0.15, 0.2) is 0 Å². The van der Waals surface area contributed by atoms with Crippen molar-refractivity contribution in [3.8, 4) is 11.5 Å². The summed E-state index contributed by atoms with van der Waals surface area (Å²) in [5.41, 5.74) is 2.58. The first kappa shape index (κ1) is 13.9. The van der Waals surface area contributed by atoms with E-state index in [4.69, 9.17) is 9.47 Å². The smallest absolute Gasteiger partial charge is 0.143 e. The number of methoxy groups -OCH3 is 2. The highest BCUT2D eigenvalue weighted by atomic mass is 16.5. The predicted octanol–water partition coefficient (Wildman–Crippen LogP) is 3.33. The normalized spacial score (nSPS) is 11.0. The lowest BCUT2D eigenvalue weighted by Crippen LogP contribution is -1.95. The molecule has 0 N–H and O–H groups in total. The quantitative estimate of drug-likeness (QED) is 0.616. The minimum absolute atomic E-state index is 0.697. The molecular weight excluding hydrogens is 252 g/mol. The maximum absolute atomic E-state index is 11.0. The summed E-state index contributed by atoms with van der Waals surface area (Å²) in [6.45, 7) is 0. The Hall–Kier alpha value is -2.55. The molecule has 0 aliphatic heterocycles. The van der Waals surface area contributed by atoms with Crippen molar-refractivity contribution in [3.63, 3.8) is 0 Å². The zero-order valence-electron chi connectivity index (χ0n) is 11.5.